The number of carbonyl (C=O) groups excluding carboxylic acids is 1. The third-order valence-electron chi connectivity index (χ3n) is 2.23. The van der Waals surface area contributed by atoms with Crippen molar-refractivity contribution in [2.75, 3.05) is 0 Å². The van der Waals surface area contributed by atoms with Gasteiger partial charge in [-0.2, -0.15) is 4.68 Å². The minimum Gasteiger partial charge on any atom is -0.460 e. The van der Waals surface area contributed by atoms with E-state index in [9.17, 15) is 14.9 Å². The van der Waals surface area contributed by atoms with E-state index >= 15 is 0 Å². The first-order chi connectivity index (χ1) is 9.04. The molecule has 2 aromatic heterocycles. The predicted molar refractivity (Wildman–Crippen MR) is 64.9 cm³/mol. The van der Waals surface area contributed by atoms with Gasteiger partial charge in [0.15, 0.2) is 0 Å². The Morgan fingerprint density at radius 1 is 1.53 bits per heavy atom. The van der Waals surface area contributed by atoms with Crippen LogP contribution in [-0.4, -0.2) is 20.6 Å². The van der Waals surface area contributed by atoms with E-state index in [0.29, 0.717) is 11.5 Å². The first-order valence-corrected chi connectivity index (χ1v) is 5.28. The van der Waals surface area contributed by atoms with E-state index in [0.717, 1.165) is 0 Å². The van der Waals surface area contributed by atoms with Gasteiger partial charge in [-0.05, 0) is 23.1 Å². The topological polar surface area (TPSA) is 117 Å². The van der Waals surface area contributed by atoms with Crippen molar-refractivity contribution in [3.63, 3.8) is 0 Å². The number of furan rings is 1. The summed E-state index contributed by atoms with van der Waals surface area (Å²) in [5.74, 6) is 0.235. The van der Waals surface area contributed by atoms with Crippen molar-refractivity contribution in [1.82, 2.24) is 9.78 Å². The second kappa shape index (κ2) is 5.17. The molecule has 8 heteroatoms. The number of nitrogens with zero attached hydrogens (tertiary/aromatic N) is 3. The number of primary amides is 1. The number of carbonyl (C=O) groups is 1. The molecule has 0 saturated heterocycles. The van der Waals surface area contributed by atoms with Crippen LogP contribution in [0.25, 0.3) is 6.08 Å². The van der Waals surface area contributed by atoms with Crippen LogP contribution in [0.1, 0.15) is 11.5 Å². The summed E-state index contributed by atoms with van der Waals surface area (Å²) in [6.45, 7) is 0.262. The lowest BCUT2D eigenvalue weighted by Crippen LogP contribution is -2.04. The van der Waals surface area contributed by atoms with Crippen LogP contribution in [0.15, 0.2) is 34.9 Å². The SMILES string of the molecule is NC(=O)/C=C\c1ccc(Cn2ccc([N+](=O)[O-])n2)o1. The maximum atomic E-state index is 10.6. The molecule has 0 unspecified atom stereocenters. The standard InChI is InChI=1S/C11H10N4O4/c12-10(16)4-3-8-1-2-9(19-8)7-14-6-5-11(13-14)15(17)18/h1-6H,7H2,(H2,12,16)/b4-3-. The molecule has 2 N–H and O–H groups in total. The Morgan fingerprint density at radius 2 is 2.32 bits per heavy atom. The maximum Gasteiger partial charge on any atom is 0.389 e. The molecular weight excluding hydrogens is 252 g/mol. The van der Waals surface area contributed by atoms with Crippen molar-refractivity contribution in [1.29, 1.82) is 0 Å². The zero-order valence-corrected chi connectivity index (χ0v) is 9.72. The lowest BCUT2D eigenvalue weighted by Gasteiger charge is -1.92. The molecule has 98 valence electrons. The average molecular weight is 262 g/mol. The van der Waals surface area contributed by atoms with Gasteiger partial charge in [-0.25, -0.2) is 0 Å². The minimum absolute atomic E-state index is 0.222. The van der Waals surface area contributed by atoms with Gasteiger partial charge in [0, 0.05) is 6.08 Å². The minimum atomic E-state index is -0.570. The van der Waals surface area contributed by atoms with Crippen molar-refractivity contribution in [3.8, 4) is 0 Å². The Morgan fingerprint density at radius 3 is 2.95 bits per heavy atom. The molecule has 2 aromatic rings. The van der Waals surface area contributed by atoms with Crippen molar-refractivity contribution < 1.29 is 14.1 Å². The highest BCUT2D eigenvalue weighted by Gasteiger charge is 2.12. The first kappa shape index (κ1) is 12.6. The molecule has 0 atom stereocenters. The van der Waals surface area contributed by atoms with Crippen LogP contribution < -0.4 is 5.73 Å². The Hall–Kier alpha value is -2.90. The normalized spacial score (nSPS) is 10.9. The molecule has 8 nitrogen and oxygen atoms in total. The van der Waals surface area contributed by atoms with Crippen LogP contribution >= 0.6 is 0 Å². The summed E-state index contributed by atoms with van der Waals surface area (Å²) in [6, 6.07) is 4.65. The summed E-state index contributed by atoms with van der Waals surface area (Å²) in [7, 11) is 0. The average Bonchev–Trinajstić information content (AvgIpc) is 2.96. The highest BCUT2D eigenvalue weighted by Crippen LogP contribution is 2.12. The molecule has 0 aromatic carbocycles. The molecule has 0 aliphatic rings. The first-order valence-electron chi connectivity index (χ1n) is 5.28. The van der Waals surface area contributed by atoms with E-state index in [-0.39, 0.29) is 12.4 Å². The van der Waals surface area contributed by atoms with Crippen molar-refractivity contribution in [2.45, 2.75) is 6.54 Å². The van der Waals surface area contributed by atoms with Gasteiger partial charge in [-0.3, -0.25) is 4.79 Å². The Balaban J connectivity index is 2.06. The Kier molecular flexibility index (Phi) is 3.42. The monoisotopic (exact) mass is 262 g/mol. The van der Waals surface area contributed by atoms with Gasteiger partial charge in [0.25, 0.3) is 0 Å². The third-order valence-corrected chi connectivity index (χ3v) is 2.23. The fourth-order valence-corrected chi connectivity index (χ4v) is 1.43. The summed E-state index contributed by atoms with van der Waals surface area (Å²) >= 11 is 0. The predicted octanol–water partition coefficient (Wildman–Crippen LogP) is 0.931. The summed E-state index contributed by atoms with van der Waals surface area (Å²) in [5, 5.41) is 14.2. The molecule has 1 amide bonds. The molecule has 0 bridgehead atoms. The fourth-order valence-electron chi connectivity index (χ4n) is 1.43. The van der Waals surface area contributed by atoms with Gasteiger partial charge in [-0.15, -0.1) is 0 Å². The number of nitro groups is 1. The fraction of sp³-hybridized carbons (Fsp3) is 0.0909. The zero-order valence-electron chi connectivity index (χ0n) is 9.72. The summed E-state index contributed by atoms with van der Waals surface area (Å²) in [4.78, 5) is 20.5. The molecule has 2 heterocycles. The van der Waals surface area contributed by atoms with Crippen LogP contribution in [-0.2, 0) is 11.3 Å². The highest BCUT2D eigenvalue weighted by molar-refractivity contribution is 5.89. The number of rotatable bonds is 5. The van der Waals surface area contributed by atoms with Gasteiger partial charge in [0.1, 0.15) is 18.1 Å². The number of hydrogen-bond donors (Lipinski definition) is 1. The van der Waals surface area contributed by atoms with Crippen LogP contribution in [0.2, 0.25) is 0 Å². The van der Waals surface area contributed by atoms with Crippen molar-refractivity contribution in [3.05, 3.63) is 52.1 Å². The van der Waals surface area contributed by atoms with Crippen LogP contribution in [0.5, 0.6) is 0 Å². The number of nitrogens with two attached hydrogens (primary N) is 1. The zero-order chi connectivity index (χ0) is 13.8. The van der Waals surface area contributed by atoms with Gasteiger partial charge in [-0.1, -0.05) is 0 Å². The van der Waals surface area contributed by atoms with E-state index in [1.165, 1.54) is 29.1 Å². The van der Waals surface area contributed by atoms with E-state index < -0.39 is 10.8 Å². The number of aromatic nitrogens is 2. The van der Waals surface area contributed by atoms with E-state index in [2.05, 4.69) is 5.10 Å². The van der Waals surface area contributed by atoms with Crippen molar-refractivity contribution >= 4 is 17.8 Å². The summed E-state index contributed by atoms with van der Waals surface area (Å²) in [6.07, 6.45) is 4.11. The molecule has 0 aliphatic carbocycles. The van der Waals surface area contributed by atoms with Gasteiger partial charge in [0.2, 0.25) is 5.91 Å². The number of amides is 1. The molecule has 0 radical (unpaired) electrons. The van der Waals surface area contributed by atoms with E-state index in [1.54, 1.807) is 12.1 Å². The smallest absolute Gasteiger partial charge is 0.389 e. The lowest BCUT2D eigenvalue weighted by atomic mass is 10.4. The second-order valence-corrected chi connectivity index (χ2v) is 3.67. The quantitative estimate of drug-likeness (QED) is 0.488. The summed E-state index contributed by atoms with van der Waals surface area (Å²) < 4.78 is 6.77. The lowest BCUT2D eigenvalue weighted by molar-refractivity contribution is -0.389. The molecule has 2 rings (SSSR count). The molecule has 0 aliphatic heterocycles. The largest absolute Gasteiger partial charge is 0.460 e. The van der Waals surface area contributed by atoms with Crippen LogP contribution in [0.4, 0.5) is 5.82 Å². The van der Waals surface area contributed by atoms with Gasteiger partial charge >= 0.3 is 5.82 Å². The van der Waals surface area contributed by atoms with Crippen molar-refractivity contribution in [2.24, 2.45) is 5.73 Å². The van der Waals surface area contributed by atoms with E-state index in [1.807, 2.05) is 0 Å². The van der Waals surface area contributed by atoms with Gasteiger partial charge < -0.3 is 20.3 Å². The molecule has 0 fully saturated rings. The molecule has 19 heavy (non-hydrogen) atoms. The maximum absolute atomic E-state index is 10.6. The third kappa shape index (κ3) is 3.28. The number of hydrogen-bond acceptors (Lipinski definition) is 5. The van der Waals surface area contributed by atoms with Gasteiger partial charge in [0.05, 0.1) is 17.4 Å². The van der Waals surface area contributed by atoms with E-state index in [4.69, 9.17) is 10.2 Å². The van der Waals surface area contributed by atoms with Crippen LogP contribution in [0.3, 0.4) is 0 Å². The highest BCUT2D eigenvalue weighted by atomic mass is 16.6. The summed E-state index contributed by atoms with van der Waals surface area (Å²) in [5.41, 5.74) is 4.96. The second-order valence-electron chi connectivity index (χ2n) is 3.67. The molecule has 0 spiro atoms. The Labute approximate surface area is 107 Å². The van der Waals surface area contributed by atoms with Crippen LogP contribution in [0, 0.1) is 10.1 Å². The Bertz CT molecular complexity index is 641. The molecular formula is C11H10N4O4. The molecule has 0 saturated carbocycles.